The smallest absolute Gasteiger partial charge is 0.225 e. The molecule has 0 saturated heterocycles. The molecule has 2 aromatic carbocycles. The maximum atomic E-state index is 13.3. The summed E-state index contributed by atoms with van der Waals surface area (Å²) in [6.45, 7) is 0. The molecule has 4 rings (SSSR count). The molecule has 1 fully saturated rings. The molecule has 0 aliphatic heterocycles. The maximum absolute atomic E-state index is 13.3. The van der Waals surface area contributed by atoms with Crippen LogP contribution in [0.3, 0.4) is 0 Å². The summed E-state index contributed by atoms with van der Waals surface area (Å²) in [5.41, 5.74) is 2.90. The summed E-state index contributed by atoms with van der Waals surface area (Å²) in [6.07, 6.45) is 8.07. The van der Waals surface area contributed by atoms with Crippen molar-refractivity contribution in [1.29, 1.82) is 0 Å². The Bertz CT molecular complexity index is 967. The van der Waals surface area contributed by atoms with Crippen molar-refractivity contribution in [2.45, 2.75) is 38.5 Å². The molecule has 4 nitrogen and oxygen atoms in total. The van der Waals surface area contributed by atoms with E-state index in [2.05, 4.69) is 10.3 Å². The fraction of sp³-hybridized carbons (Fsp3) is 0.292. The highest BCUT2D eigenvalue weighted by Crippen LogP contribution is 2.29. The van der Waals surface area contributed by atoms with Crippen molar-refractivity contribution >= 4 is 11.7 Å². The molecule has 1 aromatic heterocycles. The number of rotatable bonds is 5. The number of nitrogens with one attached hydrogen (secondary N) is 1. The number of anilines is 1. The average molecular weight is 389 g/mol. The van der Waals surface area contributed by atoms with Crippen LogP contribution in [0.4, 0.5) is 10.2 Å². The second kappa shape index (κ2) is 8.95. The number of hydrogen-bond donors (Lipinski definition) is 1. The van der Waals surface area contributed by atoms with Crippen LogP contribution >= 0.6 is 0 Å². The summed E-state index contributed by atoms with van der Waals surface area (Å²) in [5.74, 6) is 0.604. The Morgan fingerprint density at radius 2 is 1.69 bits per heavy atom. The van der Waals surface area contributed by atoms with Gasteiger partial charge in [-0.25, -0.2) is 14.4 Å². The molecule has 5 heteroatoms. The van der Waals surface area contributed by atoms with Crippen LogP contribution in [0.25, 0.3) is 22.5 Å². The van der Waals surface area contributed by atoms with Crippen LogP contribution in [0.1, 0.15) is 38.5 Å². The summed E-state index contributed by atoms with van der Waals surface area (Å²) in [6, 6.07) is 15.8. The molecule has 3 aromatic rings. The Morgan fingerprint density at radius 1 is 0.966 bits per heavy atom. The van der Waals surface area contributed by atoms with Gasteiger partial charge in [0.05, 0.1) is 11.9 Å². The van der Waals surface area contributed by atoms with Crippen LogP contribution in [-0.2, 0) is 4.79 Å². The summed E-state index contributed by atoms with van der Waals surface area (Å²) in [4.78, 5) is 21.9. The van der Waals surface area contributed by atoms with E-state index in [0.29, 0.717) is 29.5 Å². The number of aromatic nitrogens is 2. The number of nitrogens with zero attached hydrogens (tertiary/aromatic N) is 2. The van der Waals surface area contributed by atoms with Gasteiger partial charge >= 0.3 is 0 Å². The summed E-state index contributed by atoms with van der Waals surface area (Å²) in [5, 5.41) is 2.97. The van der Waals surface area contributed by atoms with Crippen LogP contribution in [0.2, 0.25) is 0 Å². The van der Waals surface area contributed by atoms with Crippen molar-refractivity contribution in [3.63, 3.8) is 0 Å². The number of amides is 1. The van der Waals surface area contributed by atoms with E-state index in [1.807, 2.05) is 30.3 Å². The Balaban J connectivity index is 1.62. The van der Waals surface area contributed by atoms with E-state index in [1.165, 1.54) is 31.4 Å². The molecule has 0 unspecified atom stereocenters. The fourth-order valence-electron chi connectivity index (χ4n) is 3.87. The van der Waals surface area contributed by atoms with Gasteiger partial charge in [0, 0.05) is 17.5 Å². The Kier molecular flexibility index (Phi) is 5.94. The lowest BCUT2D eigenvalue weighted by Gasteiger charge is -2.21. The minimum absolute atomic E-state index is 0.0158. The zero-order chi connectivity index (χ0) is 20.1. The maximum Gasteiger partial charge on any atom is 0.225 e. The first-order chi connectivity index (χ1) is 14.2. The predicted molar refractivity (Wildman–Crippen MR) is 113 cm³/mol. The van der Waals surface area contributed by atoms with Gasteiger partial charge in [-0.3, -0.25) is 4.79 Å². The Labute approximate surface area is 170 Å². The van der Waals surface area contributed by atoms with E-state index in [4.69, 9.17) is 4.98 Å². The van der Waals surface area contributed by atoms with Crippen LogP contribution in [-0.4, -0.2) is 15.9 Å². The highest BCUT2D eigenvalue weighted by molar-refractivity contribution is 5.93. The molecular formula is C24H24FN3O. The molecular weight excluding hydrogens is 365 g/mol. The molecule has 148 valence electrons. The van der Waals surface area contributed by atoms with Gasteiger partial charge in [-0.2, -0.15) is 0 Å². The lowest BCUT2D eigenvalue weighted by molar-refractivity contribution is -0.117. The zero-order valence-electron chi connectivity index (χ0n) is 16.3. The van der Waals surface area contributed by atoms with E-state index >= 15 is 0 Å². The third-order valence-corrected chi connectivity index (χ3v) is 5.42. The van der Waals surface area contributed by atoms with Gasteiger partial charge in [-0.1, -0.05) is 49.6 Å². The normalized spacial score (nSPS) is 14.5. The number of carbonyl (C=O) groups excluding carboxylic acids is 1. The lowest BCUT2D eigenvalue weighted by atomic mass is 9.87. The standard InChI is InChI=1S/C24H24FN3O/c25-20-13-11-18(12-14-20)21-16-26-24(23(27-21)19-9-5-2-6-10-19)28-22(29)15-17-7-3-1-4-8-17/h2,5-6,9-14,16-17H,1,3-4,7-8,15H2,(H,26,28,29). The van der Waals surface area contributed by atoms with Crippen molar-refractivity contribution in [3.05, 3.63) is 66.6 Å². The SMILES string of the molecule is O=C(CC1CCCCC1)Nc1ncc(-c2ccc(F)cc2)nc1-c1ccccc1. The van der Waals surface area contributed by atoms with E-state index in [-0.39, 0.29) is 11.7 Å². The van der Waals surface area contributed by atoms with E-state index < -0.39 is 0 Å². The number of benzene rings is 2. The largest absolute Gasteiger partial charge is 0.309 e. The Morgan fingerprint density at radius 3 is 2.41 bits per heavy atom. The third kappa shape index (κ3) is 4.86. The molecule has 29 heavy (non-hydrogen) atoms. The fourth-order valence-corrected chi connectivity index (χ4v) is 3.87. The van der Waals surface area contributed by atoms with Crippen LogP contribution in [0, 0.1) is 11.7 Å². The Hall–Kier alpha value is -3.08. The summed E-state index contributed by atoms with van der Waals surface area (Å²) < 4.78 is 13.3. The summed E-state index contributed by atoms with van der Waals surface area (Å²) >= 11 is 0. The van der Waals surface area contributed by atoms with Crippen LogP contribution < -0.4 is 5.32 Å². The van der Waals surface area contributed by atoms with Gasteiger partial charge < -0.3 is 5.32 Å². The average Bonchev–Trinajstić information content (AvgIpc) is 2.76. The van der Waals surface area contributed by atoms with Crippen molar-refractivity contribution in [1.82, 2.24) is 9.97 Å². The van der Waals surface area contributed by atoms with E-state index in [1.54, 1.807) is 18.3 Å². The molecule has 1 amide bonds. The first-order valence-corrected chi connectivity index (χ1v) is 10.2. The molecule has 1 saturated carbocycles. The molecule has 0 spiro atoms. The van der Waals surface area contributed by atoms with Gasteiger partial charge in [0.2, 0.25) is 5.91 Å². The van der Waals surface area contributed by atoms with Crippen molar-refractivity contribution in [2.24, 2.45) is 5.92 Å². The van der Waals surface area contributed by atoms with Crippen molar-refractivity contribution in [2.75, 3.05) is 5.32 Å². The van der Waals surface area contributed by atoms with Gasteiger partial charge in [-0.15, -0.1) is 0 Å². The predicted octanol–water partition coefficient (Wildman–Crippen LogP) is 5.86. The molecule has 1 heterocycles. The number of halogens is 1. The van der Waals surface area contributed by atoms with Crippen molar-refractivity contribution in [3.8, 4) is 22.5 Å². The van der Waals surface area contributed by atoms with Crippen LogP contribution in [0.5, 0.6) is 0 Å². The second-order valence-corrected chi connectivity index (χ2v) is 7.58. The minimum atomic E-state index is -0.295. The molecule has 0 bridgehead atoms. The minimum Gasteiger partial charge on any atom is -0.309 e. The monoisotopic (exact) mass is 389 g/mol. The first-order valence-electron chi connectivity index (χ1n) is 10.2. The number of hydrogen-bond acceptors (Lipinski definition) is 3. The summed E-state index contributed by atoms with van der Waals surface area (Å²) in [7, 11) is 0. The second-order valence-electron chi connectivity index (χ2n) is 7.58. The van der Waals surface area contributed by atoms with E-state index in [9.17, 15) is 9.18 Å². The first kappa shape index (κ1) is 19.2. The van der Waals surface area contributed by atoms with Crippen LogP contribution in [0.15, 0.2) is 60.8 Å². The molecule has 0 atom stereocenters. The van der Waals surface area contributed by atoms with Gasteiger partial charge in [0.25, 0.3) is 0 Å². The highest BCUT2D eigenvalue weighted by atomic mass is 19.1. The number of carbonyl (C=O) groups is 1. The van der Waals surface area contributed by atoms with Gasteiger partial charge in [0.15, 0.2) is 5.82 Å². The van der Waals surface area contributed by atoms with E-state index in [0.717, 1.165) is 24.0 Å². The molecule has 1 aliphatic carbocycles. The molecule has 1 N–H and O–H groups in total. The van der Waals surface area contributed by atoms with Gasteiger partial charge in [-0.05, 0) is 43.0 Å². The molecule has 0 radical (unpaired) electrons. The molecule has 1 aliphatic rings. The zero-order valence-corrected chi connectivity index (χ0v) is 16.3. The topological polar surface area (TPSA) is 54.9 Å². The van der Waals surface area contributed by atoms with Crippen molar-refractivity contribution < 1.29 is 9.18 Å². The third-order valence-electron chi connectivity index (χ3n) is 5.42. The quantitative estimate of drug-likeness (QED) is 0.595. The highest BCUT2D eigenvalue weighted by Gasteiger charge is 2.19. The lowest BCUT2D eigenvalue weighted by Crippen LogP contribution is -2.19. The van der Waals surface area contributed by atoms with Gasteiger partial charge in [0.1, 0.15) is 11.5 Å².